The van der Waals surface area contributed by atoms with Crippen LogP contribution in [-0.4, -0.2) is 25.3 Å². The first-order valence-corrected chi connectivity index (χ1v) is 6.11. The van der Waals surface area contributed by atoms with Gasteiger partial charge in [-0.2, -0.15) is 0 Å². The quantitative estimate of drug-likeness (QED) is 0.717. The minimum atomic E-state index is 0.0292. The Hall–Kier alpha value is -2.28. The number of hydrogen-bond donors (Lipinski definition) is 1. The van der Waals surface area contributed by atoms with Crippen molar-refractivity contribution >= 4 is 34.1 Å². The number of aromatic nitrogens is 4. The third-order valence-corrected chi connectivity index (χ3v) is 3.45. The molecule has 3 rings (SSSR count). The van der Waals surface area contributed by atoms with Crippen LogP contribution < -0.4 is 5.73 Å². The molecule has 0 spiro atoms. The predicted octanol–water partition coefficient (Wildman–Crippen LogP) is 1.35. The lowest BCUT2D eigenvalue weighted by Crippen LogP contribution is -2.08. The van der Waals surface area contributed by atoms with Crippen molar-refractivity contribution in [1.29, 1.82) is 0 Å². The molecule has 18 heavy (non-hydrogen) atoms. The van der Waals surface area contributed by atoms with E-state index >= 15 is 0 Å². The van der Waals surface area contributed by atoms with E-state index in [0.717, 1.165) is 4.88 Å². The molecule has 0 amide bonds. The van der Waals surface area contributed by atoms with Crippen LogP contribution in [0.2, 0.25) is 0 Å². The molecule has 90 valence electrons. The van der Waals surface area contributed by atoms with E-state index in [0.29, 0.717) is 17.0 Å². The number of imidazole rings is 1. The van der Waals surface area contributed by atoms with E-state index in [1.807, 2.05) is 11.4 Å². The molecule has 0 atom stereocenters. The van der Waals surface area contributed by atoms with Crippen LogP contribution in [0, 0.1) is 0 Å². The van der Waals surface area contributed by atoms with Gasteiger partial charge in [-0.05, 0) is 11.4 Å². The fraction of sp³-hybridized carbons (Fsp3) is 0.0909. The third-order valence-electron chi connectivity index (χ3n) is 2.54. The SMILES string of the molecule is Nc1ncnc2c1ncn2CC(=O)c1cccs1. The molecule has 0 radical (unpaired) electrons. The summed E-state index contributed by atoms with van der Waals surface area (Å²) in [7, 11) is 0. The topological polar surface area (TPSA) is 86.7 Å². The Kier molecular flexibility index (Phi) is 2.52. The molecule has 0 aromatic carbocycles. The van der Waals surface area contributed by atoms with Crippen molar-refractivity contribution in [3.63, 3.8) is 0 Å². The van der Waals surface area contributed by atoms with Gasteiger partial charge in [0, 0.05) is 0 Å². The number of nitrogens with two attached hydrogens (primary N) is 1. The summed E-state index contributed by atoms with van der Waals surface area (Å²) in [6.45, 7) is 0.202. The molecule has 6 nitrogen and oxygen atoms in total. The van der Waals surface area contributed by atoms with E-state index in [4.69, 9.17) is 5.73 Å². The molecule has 0 fully saturated rings. The summed E-state index contributed by atoms with van der Waals surface area (Å²) in [5.74, 6) is 0.351. The average molecular weight is 259 g/mol. The number of hydrogen-bond acceptors (Lipinski definition) is 6. The zero-order valence-electron chi connectivity index (χ0n) is 9.28. The highest BCUT2D eigenvalue weighted by atomic mass is 32.1. The second-order valence-corrected chi connectivity index (χ2v) is 4.65. The van der Waals surface area contributed by atoms with Crippen molar-refractivity contribution in [2.75, 3.05) is 5.73 Å². The normalized spacial score (nSPS) is 10.9. The molecule has 7 heteroatoms. The third kappa shape index (κ3) is 1.74. The van der Waals surface area contributed by atoms with E-state index in [1.165, 1.54) is 17.7 Å². The molecule has 0 bridgehead atoms. The number of nitrogen functional groups attached to an aromatic ring is 1. The Morgan fingerprint density at radius 3 is 3.06 bits per heavy atom. The van der Waals surface area contributed by atoms with Gasteiger partial charge in [-0.25, -0.2) is 15.0 Å². The molecule has 0 aliphatic heterocycles. The van der Waals surface area contributed by atoms with Gasteiger partial charge in [-0.3, -0.25) is 4.79 Å². The summed E-state index contributed by atoms with van der Waals surface area (Å²) in [5.41, 5.74) is 6.79. The molecule has 3 aromatic rings. The predicted molar refractivity (Wildman–Crippen MR) is 68.4 cm³/mol. The van der Waals surface area contributed by atoms with Gasteiger partial charge >= 0.3 is 0 Å². The number of carbonyl (C=O) groups excluding carboxylic acids is 1. The van der Waals surface area contributed by atoms with Crippen molar-refractivity contribution in [1.82, 2.24) is 19.5 Å². The lowest BCUT2D eigenvalue weighted by molar-refractivity contribution is 0.0977. The van der Waals surface area contributed by atoms with Gasteiger partial charge in [-0.15, -0.1) is 11.3 Å². The average Bonchev–Trinajstić information content (AvgIpc) is 2.99. The Morgan fingerprint density at radius 1 is 1.39 bits per heavy atom. The first kappa shape index (κ1) is 10.8. The number of ketones is 1. The molecule has 0 saturated heterocycles. The molecule has 0 aliphatic carbocycles. The van der Waals surface area contributed by atoms with Crippen LogP contribution in [0.1, 0.15) is 9.67 Å². The standard InChI is InChI=1S/C11H9N5OS/c12-10-9-11(14-5-13-10)16(6-15-9)4-7(17)8-2-1-3-18-8/h1-3,5-6H,4H2,(H2,12,13,14). The maximum absolute atomic E-state index is 12.0. The summed E-state index contributed by atoms with van der Waals surface area (Å²) in [6.07, 6.45) is 2.92. The second kappa shape index (κ2) is 4.19. The minimum Gasteiger partial charge on any atom is -0.382 e. The number of fused-ring (bicyclic) bond motifs is 1. The van der Waals surface area contributed by atoms with E-state index in [1.54, 1.807) is 17.0 Å². The maximum atomic E-state index is 12.0. The highest BCUT2D eigenvalue weighted by molar-refractivity contribution is 7.12. The Balaban J connectivity index is 1.96. The van der Waals surface area contributed by atoms with Gasteiger partial charge in [0.15, 0.2) is 17.2 Å². The lowest BCUT2D eigenvalue weighted by Gasteiger charge is -2.01. The van der Waals surface area contributed by atoms with Gasteiger partial charge in [0.2, 0.25) is 0 Å². The molecule has 0 unspecified atom stereocenters. The Morgan fingerprint density at radius 2 is 2.28 bits per heavy atom. The van der Waals surface area contributed by atoms with Crippen LogP contribution in [-0.2, 0) is 6.54 Å². The van der Waals surface area contributed by atoms with Gasteiger partial charge in [0.05, 0.1) is 17.7 Å². The number of anilines is 1. The van der Waals surface area contributed by atoms with Crippen LogP contribution in [0.4, 0.5) is 5.82 Å². The number of Topliss-reactive ketones (excluding diaryl/α,β-unsaturated/α-hetero) is 1. The van der Waals surface area contributed by atoms with Crippen molar-refractivity contribution in [2.45, 2.75) is 6.54 Å². The monoisotopic (exact) mass is 259 g/mol. The largest absolute Gasteiger partial charge is 0.382 e. The van der Waals surface area contributed by atoms with E-state index in [2.05, 4.69) is 15.0 Å². The second-order valence-electron chi connectivity index (χ2n) is 3.70. The number of thiophene rings is 1. The lowest BCUT2D eigenvalue weighted by atomic mass is 10.3. The van der Waals surface area contributed by atoms with Crippen LogP contribution in [0.3, 0.4) is 0 Å². The molecular weight excluding hydrogens is 250 g/mol. The van der Waals surface area contributed by atoms with Crippen LogP contribution in [0.5, 0.6) is 0 Å². The minimum absolute atomic E-state index is 0.0292. The van der Waals surface area contributed by atoms with E-state index in [9.17, 15) is 4.79 Å². The van der Waals surface area contributed by atoms with Gasteiger partial charge < -0.3 is 10.3 Å². The first-order valence-electron chi connectivity index (χ1n) is 5.23. The molecule has 2 N–H and O–H groups in total. The Labute approximate surface area is 106 Å². The van der Waals surface area contributed by atoms with Crippen LogP contribution in [0.25, 0.3) is 11.2 Å². The van der Waals surface area contributed by atoms with Gasteiger partial charge in [0.25, 0.3) is 0 Å². The van der Waals surface area contributed by atoms with Crippen molar-refractivity contribution < 1.29 is 4.79 Å². The number of nitrogens with zero attached hydrogens (tertiary/aromatic N) is 4. The molecule has 0 saturated carbocycles. The zero-order chi connectivity index (χ0) is 12.5. The van der Waals surface area contributed by atoms with Crippen molar-refractivity contribution in [3.8, 4) is 0 Å². The smallest absolute Gasteiger partial charge is 0.192 e. The highest BCUT2D eigenvalue weighted by Gasteiger charge is 2.12. The fourth-order valence-corrected chi connectivity index (χ4v) is 2.34. The fourth-order valence-electron chi connectivity index (χ4n) is 1.68. The Bertz CT molecular complexity index is 703. The molecule has 0 aliphatic rings. The molecule has 3 heterocycles. The molecular formula is C11H9N5OS. The van der Waals surface area contributed by atoms with Crippen LogP contribution >= 0.6 is 11.3 Å². The van der Waals surface area contributed by atoms with Crippen molar-refractivity contribution in [2.24, 2.45) is 0 Å². The summed E-state index contributed by atoms with van der Waals surface area (Å²) in [5, 5.41) is 1.87. The number of rotatable bonds is 3. The van der Waals surface area contributed by atoms with Crippen LogP contribution in [0.15, 0.2) is 30.2 Å². The number of carbonyl (C=O) groups is 1. The van der Waals surface area contributed by atoms with Gasteiger partial charge in [-0.1, -0.05) is 6.07 Å². The summed E-state index contributed by atoms with van der Waals surface area (Å²) in [4.78, 5) is 24.8. The summed E-state index contributed by atoms with van der Waals surface area (Å²) < 4.78 is 1.68. The van der Waals surface area contributed by atoms with Gasteiger partial charge in [0.1, 0.15) is 11.8 Å². The van der Waals surface area contributed by atoms with E-state index in [-0.39, 0.29) is 12.3 Å². The van der Waals surface area contributed by atoms with E-state index < -0.39 is 0 Å². The summed E-state index contributed by atoms with van der Waals surface area (Å²) >= 11 is 1.42. The zero-order valence-corrected chi connectivity index (χ0v) is 10.1. The van der Waals surface area contributed by atoms with Crippen molar-refractivity contribution in [3.05, 3.63) is 35.0 Å². The first-order chi connectivity index (χ1) is 8.75. The summed E-state index contributed by atoms with van der Waals surface area (Å²) in [6, 6.07) is 3.65. The highest BCUT2D eigenvalue weighted by Crippen LogP contribution is 2.16. The maximum Gasteiger partial charge on any atom is 0.192 e. The molecule has 3 aromatic heterocycles.